The lowest BCUT2D eigenvalue weighted by molar-refractivity contribution is -0.155. The number of amides is 1. The number of hydrogen-bond acceptors (Lipinski definition) is 2. The third kappa shape index (κ3) is 3.40. The second-order valence-electron chi connectivity index (χ2n) is 6.53. The second-order valence-corrected chi connectivity index (χ2v) is 6.53. The minimum absolute atomic E-state index is 0.0961. The van der Waals surface area contributed by atoms with Gasteiger partial charge in [-0.15, -0.1) is 0 Å². The van der Waals surface area contributed by atoms with Crippen molar-refractivity contribution in [2.75, 3.05) is 6.54 Å². The van der Waals surface area contributed by atoms with Gasteiger partial charge in [0.2, 0.25) is 5.91 Å². The predicted molar refractivity (Wildman–Crippen MR) is 80.0 cm³/mol. The first-order chi connectivity index (χ1) is 9.40. The van der Waals surface area contributed by atoms with Crippen molar-refractivity contribution in [1.82, 2.24) is 4.90 Å². The van der Waals surface area contributed by atoms with E-state index in [0.29, 0.717) is 25.4 Å². The summed E-state index contributed by atoms with van der Waals surface area (Å²) in [5.41, 5.74) is 0.278. The molecule has 0 aliphatic carbocycles. The van der Waals surface area contributed by atoms with Crippen LogP contribution >= 0.6 is 0 Å². The Hall–Kier alpha value is -1.35. The summed E-state index contributed by atoms with van der Waals surface area (Å²) >= 11 is 0. The van der Waals surface area contributed by atoms with E-state index in [9.17, 15) is 9.90 Å². The van der Waals surface area contributed by atoms with E-state index < -0.39 is 5.60 Å². The van der Waals surface area contributed by atoms with E-state index in [-0.39, 0.29) is 11.8 Å². The molecule has 2 rings (SSSR count). The van der Waals surface area contributed by atoms with Crippen molar-refractivity contribution in [2.24, 2.45) is 11.8 Å². The molecule has 1 amide bonds. The average Bonchev–Trinajstić information content (AvgIpc) is 2.39. The van der Waals surface area contributed by atoms with E-state index in [1.807, 2.05) is 35.2 Å². The Bertz CT molecular complexity index is 453. The van der Waals surface area contributed by atoms with Gasteiger partial charge in [-0.2, -0.15) is 0 Å². The maximum atomic E-state index is 12.6. The van der Waals surface area contributed by atoms with Crippen LogP contribution in [0.3, 0.4) is 0 Å². The molecule has 0 bridgehead atoms. The fourth-order valence-electron chi connectivity index (χ4n) is 2.92. The summed E-state index contributed by atoms with van der Waals surface area (Å²) < 4.78 is 0. The number of nitrogens with zero attached hydrogens (tertiary/aromatic N) is 1. The third-order valence-corrected chi connectivity index (χ3v) is 4.17. The highest BCUT2D eigenvalue weighted by Gasteiger charge is 2.43. The molecule has 0 spiro atoms. The SMILES string of the molecule is CC(C)C[C@H]1C(=O)N(Cc2ccccc2)CC[C@@]1(C)O. The van der Waals surface area contributed by atoms with Gasteiger partial charge in [-0.25, -0.2) is 0 Å². The smallest absolute Gasteiger partial charge is 0.228 e. The maximum absolute atomic E-state index is 12.6. The summed E-state index contributed by atoms with van der Waals surface area (Å²) in [6.45, 7) is 7.27. The van der Waals surface area contributed by atoms with Crippen LogP contribution in [0, 0.1) is 11.8 Å². The van der Waals surface area contributed by atoms with Crippen LogP contribution in [0.25, 0.3) is 0 Å². The van der Waals surface area contributed by atoms with Crippen LogP contribution in [0.5, 0.6) is 0 Å². The highest BCUT2D eigenvalue weighted by atomic mass is 16.3. The summed E-state index contributed by atoms with van der Waals surface area (Å²) in [4.78, 5) is 14.5. The molecule has 3 nitrogen and oxygen atoms in total. The number of rotatable bonds is 4. The van der Waals surface area contributed by atoms with Crippen LogP contribution in [0.15, 0.2) is 30.3 Å². The molecule has 110 valence electrons. The van der Waals surface area contributed by atoms with Crippen molar-refractivity contribution in [2.45, 2.75) is 45.8 Å². The molecule has 0 aromatic heterocycles. The lowest BCUT2D eigenvalue weighted by Crippen LogP contribution is -2.54. The van der Waals surface area contributed by atoms with Gasteiger partial charge in [-0.1, -0.05) is 44.2 Å². The van der Waals surface area contributed by atoms with Gasteiger partial charge in [0.05, 0.1) is 11.5 Å². The quantitative estimate of drug-likeness (QED) is 0.918. The zero-order chi connectivity index (χ0) is 14.8. The Morgan fingerprint density at radius 1 is 1.35 bits per heavy atom. The van der Waals surface area contributed by atoms with E-state index >= 15 is 0 Å². The van der Waals surface area contributed by atoms with Crippen molar-refractivity contribution in [1.29, 1.82) is 0 Å². The highest BCUT2D eigenvalue weighted by molar-refractivity contribution is 5.81. The maximum Gasteiger partial charge on any atom is 0.228 e. The molecular formula is C17H25NO2. The lowest BCUT2D eigenvalue weighted by Gasteiger charge is -2.42. The summed E-state index contributed by atoms with van der Waals surface area (Å²) in [6, 6.07) is 10.0. The summed E-state index contributed by atoms with van der Waals surface area (Å²) in [7, 11) is 0. The molecule has 1 fully saturated rings. The number of piperidine rings is 1. The second kappa shape index (κ2) is 5.96. The lowest BCUT2D eigenvalue weighted by atomic mass is 9.77. The molecule has 2 atom stereocenters. The van der Waals surface area contributed by atoms with Gasteiger partial charge in [-0.05, 0) is 31.2 Å². The van der Waals surface area contributed by atoms with E-state index in [1.54, 1.807) is 6.92 Å². The minimum Gasteiger partial charge on any atom is -0.389 e. The van der Waals surface area contributed by atoms with E-state index in [0.717, 1.165) is 12.0 Å². The minimum atomic E-state index is -0.867. The van der Waals surface area contributed by atoms with Crippen LogP contribution in [-0.2, 0) is 11.3 Å². The van der Waals surface area contributed by atoms with Crippen molar-refractivity contribution < 1.29 is 9.90 Å². The van der Waals surface area contributed by atoms with Crippen molar-refractivity contribution in [3.63, 3.8) is 0 Å². The summed E-state index contributed by atoms with van der Waals surface area (Å²) in [6.07, 6.45) is 1.40. The Morgan fingerprint density at radius 2 is 2.00 bits per heavy atom. The number of aliphatic hydroxyl groups is 1. The molecule has 3 heteroatoms. The van der Waals surface area contributed by atoms with Crippen molar-refractivity contribution in [3.8, 4) is 0 Å². The van der Waals surface area contributed by atoms with E-state index in [2.05, 4.69) is 13.8 Å². The van der Waals surface area contributed by atoms with Gasteiger partial charge >= 0.3 is 0 Å². The Kier molecular flexibility index (Phi) is 4.48. The first kappa shape index (κ1) is 15.0. The van der Waals surface area contributed by atoms with Crippen LogP contribution in [-0.4, -0.2) is 28.1 Å². The molecule has 0 unspecified atom stereocenters. The average molecular weight is 275 g/mol. The van der Waals surface area contributed by atoms with E-state index in [4.69, 9.17) is 0 Å². The first-order valence-electron chi connectivity index (χ1n) is 7.45. The fraction of sp³-hybridized carbons (Fsp3) is 0.588. The third-order valence-electron chi connectivity index (χ3n) is 4.17. The topological polar surface area (TPSA) is 40.5 Å². The van der Waals surface area contributed by atoms with E-state index in [1.165, 1.54) is 0 Å². The standard InChI is InChI=1S/C17H25NO2/c1-13(2)11-15-16(19)18(10-9-17(15,3)20)12-14-7-5-4-6-8-14/h4-8,13,15,20H,9-12H2,1-3H3/t15-,17+/m0/s1. The molecule has 1 aliphatic rings. The molecule has 1 aliphatic heterocycles. The molecule has 1 heterocycles. The highest BCUT2D eigenvalue weighted by Crippen LogP contribution is 2.33. The Labute approximate surface area is 121 Å². The largest absolute Gasteiger partial charge is 0.389 e. The van der Waals surface area contributed by atoms with Crippen molar-refractivity contribution >= 4 is 5.91 Å². The molecule has 0 saturated carbocycles. The molecule has 0 radical (unpaired) electrons. The summed E-state index contributed by atoms with van der Waals surface area (Å²) in [5.74, 6) is 0.228. The van der Waals surface area contributed by atoms with Crippen LogP contribution in [0.4, 0.5) is 0 Å². The fourth-order valence-corrected chi connectivity index (χ4v) is 2.92. The summed E-state index contributed by atoms with van der Waals surface area (Å²) in [5, 5.41) is 10.5. The van der Waals surface area contributed by atoms with Gasteiger partial charge in [0.15, 0.2) is 0 Å². The van der Waals surface area contributed by atoms with Crippen LogP contribution in [0.1, 0.15) is 39.2 Å². The van der Waals surface area contributed by atoms with Gasteiger partial charge < -0.3 is 10.0 Å². The molecule has 1 N–H and O–H groups in total. The Balaban J connectivity index is 2.11. The number of carbonyl (C=O) groups is 1. The normalized spacial score (nSPS) is 27.1. The number of carbonyl (C=O) groups excluding carboxylic acids is 1. The van der Waals surface area contributed by atoms with Gasteiger partial charge in [0.1, 0.15) is 0 Å². The number of benzene rings is 1. The first-order valence-corrected chi connectivity index (χ1v) is 7.45. The molecule has 1 aromatic carbocycles. The Morgan fingerprint density at radius 3 is 2.60 bits per heavy atom. The predicted octanol–water partition coefficient (Wildman–Crippen LogP) is 2.83. The number of hydrogen-bond donors (Lipinski definition) is 1. The zero-order valence-electron chi connectivity index (χ0n) is 12.7. The van der Waals surface area contributed by atoms with Gasteiger partial charge in [0, 0.05) is 13.1 Å². The molecule has 1 aromatic rings. The van der Waals surface area contributed by atoms with Crippen LogP contribution < -0.4 is 0 Å². The van der Waals surface area contributed by atoms with Crippen molar-refractivity contribution in [3.05, 3.63) is 35.9 Å². The molecular weight excluding hydrogens is 250 g/mol. The zero-order valence-corrected chi connectivity index (χ0v) is 12.7. The monoisotopic (exact) mass is 275 g/mol. The van der Waals surface area contributed by atoms with Crippen LogP contribution in [0.2, 0.25) is 0 Å². The molecule has 20 heavy (non-hydrogen) atoms. The number of likely N-dealkylation sites (tertiary alicyclic amines) is 1. The van der Waals surface area contributed by atoms with Gasteiger partial charge in [0.25, 0.3) is 0 Å². The molecule has 1 saturated heterocycles. The van der Waals surface area contributed by atoms with Gasteiger partial charge in [-0.3, -0.25) is 4.79 Å².